The number of sulfonamides is 2. The SMILES string of the molecule is CNS(=O)(=O)CCNS(=O)(=O)Cc1ccc(C(N)=S)cc1. The molecule has 0 aliphatic carbocycles. The van der Waals surface area contributed by atoms with E-state index in [0.717, 1.165) is 0 Å². The Hall–Kier alpha value is -1.07. The topological polar surface area (TPSA) is 118 Å². The van der Waals surface area contributed by atoms with E-state index in [0.29, 0.717) is 11.1 Å². The van der Waals surface area contributed by atoms with Crippen molar-refractivity contribution in [2.75, 3.05) is 19.3 Å². The van der Waals surface area contributed by atoms with Crippen LogP contribution in [0.4, 0.5) is 0 Å². The van der Waals surface area contributed by atoms with Crippen LogP contribution in [0.2, 0.25) is 0 Å². The van der Waals surface area contributed by atoms with Gasteiger partial charge in [-0.15, -0.1) is 0 Å². The Bertz CT molecular complexity index is 697. The average molecular weight is 351 g/mol. The third-order valence-corrected chi connectivity index (χ3v) is 5.56. The molecule has 0 spiro atoms. The van der Waals surface area contributed by atoms with Crippen LogP contribution in [0.1, 0.15) is 11.1 Å². The van der Waals surface area contributed by atoms with E-state index in [9.17, 15) is 16.8 Å². The van der Waals surface area contributed by atoms with Gasteiger partial charge in [-0.25, -0.2) is 26.3 Å². The molecule has 4 N–H and O–H groups in total. The zero-order valence-electron chi connectivity index (χ0n) is 11.4. The van der Waals surface area contributed by atoms with Gasteiger partial charge in [-0.1, -0.05) is 36.5 Å². The zero-order valence-corrected chi connectivity index (χ0v) is 13.8. The van der Waals surface area contributed by atoms with Gasteiger partial charge < -0.3 is 5.73 Å². The molecule has 1 aromatic rings. The van der Waals surface area contributed by atoms with Crippen molar-refractivity contribution in [3.05, 3.63) is 35.4 Å². The van der Waals surface area contributed by atoms with Gasteiger partial charge in [0.25, 0.3) is 0 Å². The maximum Gasteiger partial charge on any atom is 0.215 e. The van der Waals surface area contributed by atoms with Crippen molar-refractivity contribution >= 4 is 37.3 Å². The third-order valence-electron chi connectivity index (χ3n) is 2.60. The maximum atomic E-state index is 11.8. The van der Waals surface area contributed by atoms with Crippen molar-refractivity contribution in [3.8, 4) is 0 Å². The summed E-state index contributed by atoms with van der Waals surface area (Å²) in [6.07, 6.45) is 0. The second-order valence-corrected chi connectivity index (χ2v) is 8.53. The Kier molecular flexibility index (Phi) is 6.23. The number of rotatable bonds is 8. The van der Waals surface area contributed by atoms with E-state index in [1.165, 1.54) is 7.05 Å². The molecule has 7 nitrogen and oxygen atoms in total. The Balaban J connectivity index is 2.62. The molecular weight excluding hydrogens is 334 g/mol. The monoisotopic (exact) mass is 351 g/mol. The fraction of sp³-hybridized carbons (Fsp3) is 0.364. The van der Waals surface area contributed by atoms with Gasteiger partial charge >= 0.3 is 0 Å². The van der Waals surface area contributed by atoms with Crippen LogP contribution in [-0.2, 0) is 25.8 Å². The number of thiocarbonyl (C=S) groups is 1. The summed E-state index contributed by atoms with van der Waals surface area (Å²) in [6, 6.07) is 6.49. The average Bonchev–Trinajstić information content (AvgIpc) is 2.38. The summed E-state index contributed by atoms with van der Waals surface area (Å²) >= 11 is 4.80. The first-order valence-electron chi connectivity index (χ1n) is 5.92. The highest BCUT2D eigenvalue weighted by molar-refractivity contribution is 7.90. The molecule has 1 rings (SSSR count). The highest BCUT2D eigenvalue weighted by Gasteiger charge is 2.14. The first kappa shape index (κ1) is 18.0. The summed E-state index contributed by atoms with van der Waals surface area (Å²) in [4.78, 5) is 0.236. The molecule has 10 heteroatoms. The van der Waals surface area contributed by atoms with Crippen molar-refractivity contribution < 1.29 is 16.8 Å². The van der Waals surface area contributed by atoms with Crippen LogP contribution in [0.15, 0.2) is 24.3 Å². The van der Waals surface area contributed by atoms with Gasteiger partial charge in [-0.05, 0) is 12.6 Å². The Morgan fingerprint density at radius 1 is 1.14 bits per heavy atom. The third kappa shape index (κ3) is 6.48. The molecule has 0 bridgehead atoms. The van der Waals surface area contributed by atoms with Crippen molar-refractivity contribution in [3.63, 3.8) is 0 Å². The van der Waals surface area contributed by atoms with Gasteiger partial charge in [0.05, 0.1) is 11.5 Å². The van der Waals surface area contributed by atoms with E-state index in [4.69, 9.17) is 18.0 Å². The molecule has 0 aromatic heterocycles. The predicted molar refractivity (Wildman–Crippen MR) is 85.8 cm³/mol. The second-order valence-electron chi connectivity index (χ2n) is 4.24. The fourth-order valence-corrected chi connectivity index (χ4v) is 3.46. The van der Waals surface area contributed by atoms with E-state index in [-0.39, 0.29) is 23.0 Å². The molecule has 0 aliphatic rings. The second kappa shape index (κ2) is 7.27. The van der Waals surface area contributed by atoms with Gasteiger partial charge in [-0.3, -0.25) is 0 Å². The smallest absolute Gasteiger partial charge is 0.215 e. The summed E-state index contributed by atoms with van der Waals surface area (Å²) in [7, 11) is -5.77. The maximum absolute atomic E-state index is 11.8. The van der Waals surface area contributed by atoms with Gasteiger partial charge in [0, 0.05) is 12.1 Å². The van der Waals surface area contributed by atoms with E-state index in [1.54, 1.807) is 24.3 Å². The molecule has 0 atom stereocenters. The van der Waals surface area contributed by atoms with Crippen LogP contribution in [0, 0.1) is 0 Å². The highest BCUT2D eigenvalue weighted by Crippen LogP contribution is 2.07. The summed E-state index contributed by atoms with van der Waals surface area (Å²) in [5.74, 6) is -0.562. The minimum absolute atomic E-state index is 0.184. The fourth-order valence-electron chi connectivity index (χ4n) is 1.47. The number of nitrogens with two attached hydrogens (primary N) is 1. The van der Waals surface area contributed by atoms with Crippen molar-refractivity contribution in [1.82, 2.24) is 9.44 Å². The van der Waals surface area contributed by atoms with Crippen molar-refractivity contribution in [1.29, 1.82) is 0 Å². The minimum Gasteiger partial charge on any atom is -0.389 e. The lowest BCUT2D eigenvalue weighted by atomic mass is 10.1. The normalized spacial score (nSPS) is 12.2. The molecule has 0 amide bonds. The van der Waals surface area contributed by atoms with Gasteiger partial charge in [0.1, 0.15) is 4.99 Å². The molecule has 0 heterocycles. The first-order chi connectivity index (χ1) is 9.65. The van der Waals surface area contributed by atoms with Crippen molar-refractivity contribution in [2.24, 2.45) is 5.73 Å². The van der Waals surface area contributed by atoms with E-state index in [1.807, 2.05) is 0 Å². The van der Waals surface area contributed by atoms with Crippen LogP contribution < -0.4 is 15.2 Å². The lowest BCUT2D eigenvalue weighted by molar-refractivity contribution is 0.578. The molecule has 118 valence electrons. The summed E-state index contributed by atoms with van der Waals surface area (Å²) in [6.45, 7) is -0.184. The van der Waals surface area contributed by atoms with E-state index >= 15 is 0 Å². The summed E-state index contributed by atoms with van der Waals surface area (Å²) in [5.41, 5.74) is 6.66. The molecule has 1 aromatic carbocycles. The summed E-state index contributed by atoms with van der Waals surface area (Å²) < 4.78 is 50.3. The summed E-state index contributed by atoms with van der Waals surface area (Å²) in [5, 5.41) is 0. The molecule has 0 saturated heterocycles. The van der Waals surface area contributed by atoms with E-state index in [2.05, 4.69) is 9.44 Å². The van der Waals surface area contributed by atoms with Crippen LogP contribution in [0.25, 0.3) is 0 Å². The number of benzene rings is 1. The molecule has 0 unspecified atom stereocenters. The van der Waals surface area contributed by atoms with E-state index < -0.39 is 20.0 Å². The number of nitrogens with one attached hydrogen (secondary N) is 2. The Morgan fingerprint density at radius 3 is 2.19 bits per heavy atom. The largest absolute Gasteiger partial charge is 0.389 e. The lowest BCUT2D eigenvalue weighted by Crippen LogP contribution is -2.33. The van der Waals surface area contributed by atoms with Gasteiger partial charge in [-0.2, -0.15) is 0 Å². The Labute approximate surface area is 130 Å². The van der Waals surface area contributed by atoms with Gasteiger partial charge in [0.2, 0.25) is 20.0 Å². The molecule has 0 radical (unpaired) electrons. The zero-order chi connectivity index (χ0) is 16.1. The van der Waals surface area contributed by atoms with Crippen molar-refractivity contribution in [2.45, 2.75) is 5.75 Å². The molecule has 0 saturated carbocycles. The minimum atomic E-state index is -3.60. The number of hydrogen-bond donors (Lipinski definition) is 3. The highest BCUT2D eigenvalue weighted by atomic mass is 32.2. The van der Waals surface area contributed by atoms with Gasteiger partial charge in [0.15, 0.2) is 0 Å². The first-order valence-corrected chi connectivity index (χ1v) is 9.64. The quantitative estimate of drug-likeness (QED) is 0.533. The molecule has 21 heavy (non-hydrogen) atoms. The molecule has 0 fully saturated rings. The lowest BCUT2D eigenvalue weighted by Gasteiger charge is -2.07. The standard InChI is InChI=1S/C11H17N3O4S3/c1-13-20(15,16)7-6-14-21(17,18)8-9-2-4-10(5-3-9)11(12)19/h2-5,13-14H,6-8H2,1H3,(H2,12,19). The van der Waals surface area contributed by atoms with Crippen LogP contribution in [0.5, 0.6) is 0 Å². The van der Waals surface area contributed by atoms with Crippen LogP contribution >= 0.6 is 12.2 Å². The molecular formula is C11H17N3O4S3. The number of hydrogen-bond acceptors (Lipinski definition) is 5. The van der Waals surface area contributed by atoms with Crippen LogP contribution in [-0.4, -0.2) is 41.2 Å². The Morgan fingerprint density at radius 2 is 1.71 bits per heavy atom. The molecule has 0 aliphatic heterocycles. The van der Waals surface area contributed by atoms with Crippen LogP contribution in [0.3, 0.4) is 0 Å². The predicted octanol–water partition coefficient (Wildman–Crippen LogP) is -0.711.